The number of aliphatic hydroxyl groups is 1. The average molecular weight is 437 g/mol. The van der Waals surface area contributed by atoms with E-state index in [1.165, 1.54) is 115 Å². The van der Waals surface area contributed by atoms with Crippen LogP contribution in [0.15, 0.2) is 23.5 Å². The first-order valence-electron chi connectivity index (χ1n) is 13.2. The number of unbranched alkanes of at least 4 members (excludes halogenated alkanes) is 15. The molecule has 30 heavy (non-hydrogen) atoms. The van der Waals surface area contributed by atoms with Gasteiger partial charge in [0, 0.05) is 10.8 Å². The van der Waals surface area contributed by atoms with Crippen molar-refractivity contribution in [1.82, 2.24) is 0 Å². The van der Waals surface area contributed by atoms with Gasteiger partial charge in [0.2, 0.25) is 0 Å². The number of hydrogen-bond acceptors (Lipinski definition) is 2. The Balaban J connectivity index is 0.000000612. The summed E-state index contributed by atoms with van der Waals surface area (Å²) in [4.78, 5) is 0.931. The van der Waals surface area contributed by atoms with Gasteiger partial charge in [0.15, 0.2) is 0 Å². The normalized spacial score (nSPS) is 16.0. The third kappa shape index (κ3) is 16.1. The molecule has 0 saturated carbocycles. The average Bonchev–Trinajstić information content (AvgIpc) is 2.75. The fourth-order valence-corrected chi connectivity index (χ4v) is 4.16. The zero-order valence-electron chi connectivity index (χ0n) is 20.8. The maximum absolute atomic E-state index is 9.59. The lowest BCUT2D eigenvalue weighted by Gasteiger charge is -2.19. The van der Waals surface area contributed by atoms with E-state index in [4.69, 9.17) is 12.2 Å². The molecule has 1 rings (SSSR count). The second-order valence-corrected chi connectivity index (χ2v) is 9.51. The van der Waals surface area contributed by atoms with E-state index >= 15 is 0 Å². The summed E-state index contributed by atoms with van der Waals surface area (Å²) in [5.41, 5.74) is 1.25. The number of aliphatic hydroxyl groups excluding tert-OH is 1. The van der Waals surface area contributed by atoms with E-state index in [1.54, 1.807) is 6.08 Å². The molecule has 0 radical (unpaired) electrons. The van der Waals surface area contributed by atoms with Crippen LogP contribution in [-0.2, 0) is 0 Å². The monoisotopic (exact) mass is 436 g/mol. The highest BCUT2D eigenvalue weighted by Gasteiger charge is 2.19. The second-order valence-electron chi connectivity index (χ2n) is 9.07. The minimum atomic E-state index is 0.0320. The van der Waals surface area contributed by atoms with E-state index in [9.17, 15) is 5.11 Å². The Morgan fingerprint density at radius 1 is 0.633 bits per heavy atom. The zero-order chi connectivity index (χ0) is 22.5. The maximum atomic E-state index is 9.59. The molecule has 0 amide bonds. The summed E-state index contributed by atoms with van der Waals surface area (Å²) in [7, 11) is 0. The summed E-state index contributed by atoms with van der Waals surface area (Å²) in [5.74, 6) is 0.438. The molecule has 0 bridgehead atoms. The van der Waals surface area contributed by atoms with Crippen molar-refractivity contribution in [2.24, 2.45) is 5.92 Å². The van der Waals surface area contributed by atoms with Crippen molar-refractivity contribution in [3.63, 3.8) is 0 Å². The predicted octanol–water partition coefficient (Wildman–Crippen LogP) is 10.4. The summed E-state index contributed by atoms with van der Waals surface area (Å²) >= 11 is 5.39. The molecule has 0 heterocycles. The van der Waals surface area contributed by atoms with E-state index in [1.807, 2.05) is 13.0 Å². The van der Waals surface area contributed by atoms with Gasteiger partial charge in [-0.05, 0) is 24.5 Å². The van der Waals surface area contributed by atoms with Crippen LogP contribution >= 0.6 is 12.2 Å². The summed E-state index contributed by atoms with van der Waals surface area (Å²) in [6, 6.07) is 0. The molecule has 2 heteroatoms. The van der Waals surface area contributed by atoms with Crippen molar-refractivity contribution in [3.05, 3.63) is 23.5 Å². The lowest BCUT2D eigenvalue weighted by Crippen LogP contribution is -2.16. The van der Waals surface area contributed by atoms with Gasteiger partial charge in [-0.2, -0.15) is 0 Å². The largest absolute Gasteiger partial charge is 0.512 e. The van der Waals surface area contributed by atoms with E-state index in [-0.39, 0.29) is 5.92 Å². The molecular formula is C28H52OS. The Labute approximate surface area is 194 Å². The first-order valence-corrected chi connectivity index (χ1v) is 13.6. The molecule has 0 aromatic carbocycles. The molecule has 1 atom stereocenters. The lowest BCUT2D eigenvalue weighted by molar-refractivity contribution is 0.372. The second kappa shape index (κ2) is 21.6. The number of rotatable bonds is 17. The maximum Gasteiger partial charge on any atom is 0.100 e. The van der Waals surface area contributed by atoms with Crippen LogP contribution in [0.5, 0.6) is 0 Å². The third-order valence-corrected chi connectivity index (χ3v) is 6.73. The summed E-state index contributed by atoms with van der Waals surface area (Å²) in [6.07, 6.45) is 28.6. The van der Waals surface area contributed by atoms with Crippen LogP contribution in [0.3, 0.4) is 0 Å². The quantitative estimate of drug-likeness (QED) is 0.181. The van der Waals surface area contributed by atoms with Crippen molar-refractivity contribution in [1.29, 1.82) is 0 Å². The van der Waals surface area contributed by atoms with Crippen LogP contribution in [-0.4, -0.2) is 9.97 Å². The van der Waals surface area contributed by atoms with Crippen molar-refractivity contribution in [3.8, 4) is 0 Å². The Bertz CT molecular complexity index is 453. The molecule has 0 aromatic rings. The van der Waals surface area contributed by atoms with E-state index in [2.05, 4.69) is 20.8 Å². The topological polar surface area (TPSA) is 20.2 Å². The molecule has 0 fully saturated rings. The number of hydrogen-bond donors (Lipinski definition) is 1. The van der Waals surface area contributed by atoms with Gasteiger partial charge in [0.05, 0.1) is 0 Å². The van der Waals surface area contributed by atoms with Gasteiger partial charge < -0.3 is 5.11 Å². The fourth-order valence-electron chi connectivity index (χ4n) is 3.86. The number of allylic oxidation sites excluding steroid dienone is 4. The molecular weight excluding hydrogens is 384 g/mol. The zero-order valence-corrected chi connectivity index (χ0v) is 21.6. The van der Waals surface area contributed by atoms with Crippen LogP contribution < -0.4 is 0 Å². The highest BCUT2D eigenvalue weighted by molar-refractivity contribution is 7.80. The van der Waals surface area contributed by atoms with Crippen molar-refractivity contribution in [2.45, 2.75) is 143 Å². The molecule has 0 aliphatic heterocycles. The number of thiocarbonyl (C=S) groups is 1. The molecule has 0 aromatic heterocycles. The van der Waals surface area contributed by atoms with Crippen LogP contribution in [0.1, 0.15) is 143 Å². The highest BCUT2D eigenvalue weighted by atomic mass is 32.1. The van der Waals surface area contributed by atoms with Crippen LogP contribution in [0.25, 0.3) is 0 Å². The van der Waals surface area contributed by atoms with Crippen molar-refractivity contribution >= 4 is 17.1 Å². The lowest BCUT2D eigenvalue weighted by atomic mass is 9.90. The van der Waals surface area contributed by atoms with E-state index < -0.39 is 0 Å². The Kier molecular flexibility index (Phi) is 21.1. The molecule has 1 aliphatic carbocycles. The van der Waals surface area contributed by atoms with E-state index in [0.29, 0.717) is 5.76 Å². The van der Waals surface area contributed by atoms with Gasteiger partial charge in [0.25, 0.3) is 0 Å². The Morgan fingerprint density at radius 2 is 1.00 bits per heavy atom. The van der Waals surface area contributed by atoms with Gasteiger partial charge >= 0.3 is 0 Å². The van der Waals surface area contributed by atoms with Gasteiger partial charge in [-0.3, -0.25) is 0 Å². The van der Waals surface area contributed by atoms with Gasteiger partial charge in [-0.15, -0.1) is 0 Å². The smallest absolute Gasteiger partial charge is 0.100 e. The van der Waals surface area contributed by atoms with Crippen molar-refractivity contribution < 1.29 is 5.11 Å². The molecule has 176 valence electrons. The summed E-state index contributed by atoms with van der Waals surface area (Å²) in [6.45, 7) is 8.79. The first-order chi connectivity index (χ1) is 14.6. The molecule has 1 N–H and O–H groups in total. The SMILES string of the molecule is CCCCCCCCCC1=CC=C(O)C(C)C1=S.CCCCCCCCCCCC. The molecule has 0 spiro atoms. The van der Waals surface area contributed by atoms with Crippen LogP contribution in [0, 0.1) is 5.92 Å². The fraction of sp³-hybridized carbons (Fsp3) is 0.821. The molecule has 1 aliphatic rings. The Hall–Kier alpha value is -0.630. The minimum Gasteiger partial charge on any atom is -0.512 e. The minimum absolute atomic E-state index is 0.0320. The summed E-state index contributed by atoms with van der Waals surface area (Å²) in [5, 5.41) is 9.59. The van der Waals surface area contributed by atoms with E-state index in [0.717, 1.165) is 11.3 Å². The first kappa shape index (κ1) is 29.4. The standard InChI is InChI=1S/C16H26OS.C12H26/c1-3-4-5-6-7-8-9-10-14-11-12-15(17)13(2)16(14)18;1-3-5-7-9-11-12-10-8-6-4-2/h11-13,17H,3-10H2,1-2H3;3-12H2,1-2H3. The molecule has 1 unspecified atom stereocenters. The third-order valence-electron chi connectivity index (χ3n) is 6.12. The van der Waals surface area contributed by atoms with Gasteiger partial charge in [-0.25, -0.2) is 0 Å². The molecule has 1 nitrogen and oxygen atoms in total. The highest BCUT2D eigenvalue weighted by Crippen LogP contribution is 2.25. The predicted molar refractivity (Wildman–Crippen MR) is 141 cm³/mol. The summed E-state index contributed by atoms with van der Waals surface area (Å²) < 4.78 is 0. The van der Waals surface area contributed by atoms with Gasteiger partial charge in [-0.1, -0.05) is 149 Å². The Morgan fingerprint density at radius 3 is 1.40 bits per heavy atom. The van der Waals surface area contributed by atoms with Crippen LogP contribution in [0.2, 0.25) is 0 Å². The molecule has 0 saturated heterocycles. The van der Waals surface area contributed by atoms with Crippen LogP contribution in [0.4, 0.5) is 0 Å². The van der Waals surface area contributed by atoms with Crippen molar-refractivity contribution in [2.75, 3.05) is 0 Å². The van der Waals surface area contributed by atoms with Gasteiger partial charge in [0.1, 0.15) is 5.76 Å².